The highest BCUT2D eigenvalue weighted by Crippen LogP contribution is 2.29. The molecular formula is C37H49N5O7. The smallest absolute Gasteiger partial charge is 0.323 e. The van der Waals surface area contributed by atoms with Crippen LogP contribution in [0.15, 0.2) is 72.8 Å². The SMILES string of the molecule is COc1ccc(NC(=O)Nc2ccc3c(c2)C(=O)N([C@@H](C)CO)C[C@H](C)[C@H](CN(C)C(=O)Nc2ccccc2)OCCCC[C@@H](C)O3)cc1. The van der Waals surface area contributed by atoms with Gasteiger partial charge in [0.25, 0.3) is 5.91 Å². The van der Waals surface area contributed by atoms with Crippen molar-refractivity contribution in [3.05, 3.63) is 78.4 Å². The van der Waals surface area contributed by atoms with Crippen molar-refractivity contribution in [2.45, 2.75) is 58.3 Å². The first kappa shape index (κ1) is 37.0. The predicted octanol–water partition coefficient (Wildman–Crippen LogP) is 6.30. The van der Waals surface area contributed by atoms with E-state index in [1.807, 2.05) is 44.2 Å². The van der Waals surface area contributed by atoms with E-state index < -0.39 is 18.2 Å². The van der Waals surface area contributed by atoms with E-state index in [1.165, 1.54) is 0 Å². The van der Waals surface area contributed by atoms with E-state index in [9.17, 15) is 19.5 Å². The van der Waals surface area contributed by atoms with E-state index in [1.54, 1.807) is 73.3 Å². The lowest BCUT2D eigenvalue weighted by Gasteiger charge is -2.35. The Labute approximate surface area is 288 Å². The van der Waals surface area contributed by atoms with Crippen molar-refractivity contribution < 1.29 is 33.7 Å². The molecule has 49 heavy (non-hydrogen) atoms. The molecule has 4 N–H and O–H groups in total. The zero-order chi connectivity index (χ0) is 35.3. The van der Waals surface area contributed by atoms with Gasteiger partial charge in [0.2, 0.25) is 0 Å². The molecule has 0 radical (unpaired) electrons. The molecule has 0 unspecified atom stereocenters. The van der Waals surface area contributed by atoms with Crippen LogP contribution < -0.4 is 25.4 Å². The molecule has 0 saturated heterocycles. The van der Waals surface area contributed by atoms with Gasteiger partial charge in [-0.05, 0) is 87.7 Å². The van der Waals surface area contributed by atoms with Gasteiger partial charge in [-0.1, -0.05) is 25.1 Å². The van der Waals surface area contributed by atoms with Crippen LogP contribution in [0.1, 0.15) is 50.4 Å². The summed E-state index contributed by atoms with van der Waals surface area (Å²) in [6.07, 6.45) is 1.79. The number of methoxy groups -OCH3 is 1. The fourth-order valence-corrected chi connectivity index (χ4v) is 5.52. The van der Waals surface area contributed by atoms with E-state index >= 15 is 0 Å². The summed E-state index contributed by atoms with van der Waals surface area (Å²) in [6.45, 7) is 6.46. The molecule has 264 valence electrons. The number of fused-ring (bicyclic) bond motifs is 1. The summed E-state index contributed by atoms with van der Waals surface area (Å²) in [5, 5.41) is 18.7. The van der Waals surface area contributed by atoms with E-state index in [-0.39, 0.29) is 42.7 Å². The number of nitrogens with one attached hydrogen (secondary N) is 3. The third-order valence-corrected chi connectivity index (χ3v) is 8.48. The number of ether oxygens (including phenoxy) is 3. The van der Waals surface area contributed by atoms with Crippen molar-refractivity contribution in [3.63, 3.8) is 0 Å². The highest BCUT2D eigenvalue weighted by atomic mass is 16.5. The zero-order valence-corrected chi connectivity index (χ0v) is 29.0. The maximum Gasteiger partial charge on any atom is 0.323 e. The van der Waals surface area contributed by atoms with Gasteiger partial charge in [0.05, 0.1) is 37.5 Å². The number of carbonyl (C=O) groups is 3. The Hall–Kier alpha value is -4.81. The average molecular weight is 676 g/mol. The average Bonchev–Trinajstić information content (AvgIpc) is 3.10. The van der Waals surface area contributed by atoms with Crippen LogP contribution in [0.4, 0.5) is 26.7 Å². The van der Waals surface area contributed by atoms with Crippen LogP contribution in [0.3, 0.4) is 0 Å². The minimum atomic E-state index is -0.539. The summed E-state index contributed by atoms with van der Waals surface area (Å²) in [5.41, 5.74) is 1.92. The molecule has 1 aliphatic rings. The number of aliphatic hydroxyl groups is 1. The highest BCUT2D eigenvalue weighted by Gasteiger charge is 2.31. The summed E-state index contributed by atoms with van der Waals surface area (Å²) in [6, 6.07) is 19.8. The number of urea groups is 2. The first-order chi connectivity index (χ1) is 23.6. The third-order valence-electron chi connectivity index (χ3n) is 8.48. The Morgan fingerprint density at radius 1 is 0.980 bits per heavy atom. The number of hydrogen-bond donors (Lipinski definition) is 4. The van der Waals surface area contributed by atoms with Gasteiger partial charge in [0.15, 0.2) is 0 Å². The molecule has 0 aromatic heterocycles. The first-order valence-corrected chi connectivity index (χ1v) is 16.7. The highest BCUT2D eigenvalue weighted by molar-refractivity contribution is 6.02. The summed E-state index contributed by atoms with van der Waals surface area (Å²) >= 11 is 0. The largest absolute Gasteiger partial charge is 0.497 e. The Morgan fingerprint density at radius 3 is 2.35 bits per heavy atom. The van der Waals surface area contributed by atoms with Crippen LogP contribution >= 0.6 is 0 Å². The monoisotopic (exact) mass is 675 g/mol. The van der Waals surface area contributed by atoms with Crippen molar-refractivity contribution in [1.29, 1.82) is 0 Å². The Morgan fingerprint density at radius 2 is 1.65 bits per heavy atom. The second-order valence-electron chi connectivity index (χ2n) is 12.5. The van der Waals surface area contributed by atoms with Crippen LogP contribution in [0.5, 0.6) is 11.5 Å². The lowest BCUT2D eigenvalue weighted by Crippen LogP contribution is -2.48. The van der Waals surface area contributed by atoms with Crippen LogP contribution in [-0.2, 0) is 4.74 Å². The van der Waals surface area contributed by atoms with Gasteiger partial charge in [-0.2, -0.15) is 0 Å². The molecule has 0 bridgehead atoms. The number of anilines is 3. The maximum absolute atomic E-state index is 14.4. The quantitative estimate of drug-likeness (QED) is 0.220. The van der Waals surface area contributed by atoms with Crippen molar-refractivity contribution in [3.8, 4) is 11.5 Å². The molecule has 0 spiro atoms. The second-order valence-corrected chi connectivity index (χ2v) is 12.5. The molecule has 5 amide bonds. The number of benzene rings is 3. The number of nitrogens with zero attached hydrogens (tertiary/aromatic N) is 2. The van der Waals surface area contributed by atoms with Crippen LogP contribution in [-0.4, -0.2) is 91.6 Å². The standard InChI is InChI=1S/C37H49N5O7/c1-25-22-42(26(2)24-43)35(44)32-21-30(39-36(45)38-29-14-17-31(47-5)18-15-29)16-19-33(32)49-27(3)11-9-10-20-48-34(25)23-41(4)37(46)40-28-12-7-6-8-13-28/h6-8,12-19,21,25-27,34,43H,9-11,20,22-24H2,1-5H3,(H,40,46)(H2,38,39,45)/t25-,26-,27+,34-/m0/s1. The Bertz CT molecular complexity index is 1520. The normalized spacial score (nSPS) is 19.3. The molecule has 3 aromatic rings. The number of likely N-dealkylation sites (N-methyl/N-ethyl adjacent to an activating group) is 1. The second kappa shape index (κ2) is 18.1. The van der Waals surface area contributed by atoms with Gasteiger partial charge in [-0.25, -0.2) is 9.59 Å². The number of hydrogen-bond acceptors (Lipinski definition) is 7. The number of amides is 5. The molecule has 12 nitrogen and oxygen atoms in total. The molecular weight excluding hydrogens is 626 g/mol. The van der Waals surface area contributed by atoms with Crippen LogP contribution in [0.2, 0.25) is 0 Å². The summed E-state index contributed by atoms with van der Waals surface area (Å²) in [5.74, 6) is 0.483. The number of carbonyl (C=O) groups excluding carboxylic acids is 3. The summed E-state index contributed by atoms with van der Waals surface area (Å²) in [7, 11) is 3.28. The topological polar surface area (TPSA) is 142 Å². The third kappa shape index (κ3) is 10.8. The lowest BCUT2D eigenvalue weighted by atomic mass is 10.0. The Kier molecular flexibility index (Phi) is 13.7. The summed E-state index contributed by atoms with van der Waals surface area (Å²) < 4.78 is 17.8. The molecule has 1 aliphatic heterocycles. The minimum Gasteiger partial charge on any atom is -0.497 e. The predicted molar refractivity (Wildman–Crippen MR) is 191 cm³/mol. The number of aliphatic hydroxyl groups excluding tert-OH is 1. The maximum atomic E-state index is 14.4. The molecule has 4 rings (SSSR count). The van der Waals surface area contributed by atoms with Crippen LogP contribution in [0.25, 0.3) is 0 Å². The van der Waals surface area contributed by atoms with Crippen molar-refractivity contribution in [1.82, 2.24) is 9.80 Å². The molecule has 0 saturated carbocycles. The van der Waals surface area contributed by atoms with Crippen LogP contribution in [0, 0.1) is 5.92 Å². The van der Waals surface area contributed by atoms with Crippen molar-refractivity contribution >= 4 is 35.0 Å². The number of para-hydroxylation sites is 1. The molecule has 4 atom stereocenters. The van der Waals surface area contributed by atoms with Gasteiger partial charge >= 0.3 is 12.1 Å². The number of rotatable bonds is 8. The lowest BCUT2D eigenvalue weighted by molar-refractivity contribution is -0.0115. The molecule has 12 heteroatoms. The van der Waals surface area contributed by atoms with Gasteiger partial charge in [-0.15, -0.1) is 0 Å². The molecule has 0 fully saturated rings. The summed E-state index contributed by atoms with van der Waals surface area (Å²) in [4.78, 5) is 43.5. The molecule has 3 aromatic carbocycles. The first-order valence-electron chi connectivity index (χ1n) is 16.7. The van der Waals surface area contributed by atoms with Gasteiger partial charge in [-0.3, -0.25) is 4.79 Å². The zero-order valence-electron chi connectivity index (χ0n) is 29.0. The minimum absolute atomic E-state index is 0.196. The van der Waals surface area contributed by atoms with Crippen molar-refractivity contribution in [2.75, 3.05) is 56.4 Å². The van der Waals surface area contributed by atoms with Crippen molar-refractivity contribution in [2.24, 2.45) is 5.92 Å². The Balaban J connectivity index is 1.57. The van der Waals surface area contributed by atoms with Gasteiger partial charge < -0.3 is 45.1 Å². The van der Waals surface area contributed by atoms with Gasteiger partial charge in [0, 0.05) is 49.7 Å². The fourth-order valence-electron chi connectivity index (χ4n) is 5.52. The van der Waals surface area contributed by atoms with Gasteiger partial charge in [0.1, 0.15) is 11.5 Å². The van der Waals surface area contributed by atoms with E-state index in [0.29, 0.717) is 41.7 Å². The van der Waals surface area contributed by atoms with E-state index in [2.05, 4.69) is 16.0 Å². The molecule has 0 aliphatic carbocycles. The van der Waals surface area contributed by atoms with E-state index in [0.717, 1.165) is 19.3 Å². The molecule has 1 heterocycles. The fraction of sp³-hybridized carbons (Fsp3) is 0.432. The van der Waals surface area contributed by atoms with E-state index in [4.69, 9.17) is 14.2 Å².